The molecule has 0 fully saturated rings. The first kappa shape index (κ1) is 55.5. The molecule has 0 aliphatic carbocycles. The maximum atomic E-state index is 14.6. The third-order valence-electron chi connectivity index (χ3n) is 11.9. The van der Waals surface area contributed by atoms with E-state index in [1.54, 1.807) is 42.5 Å². The third kappa shape index (κ3) is 14.4. The zero-order valence-electron chi connectivity index (χ0n) is 39.3. The zero-order valence-corrected chi connectivity index (χ0v) is 44.8. The number of phenols is 1. The van der Waals surface area contributed by atoms with E-state index in [0.29, 0.717) is 44.5 Å². The molecule has 388 valence electrons. The minimum atomic E-state index is -4.53. The molecule has 0 aliphatic heterocycles. The first-order chi connectivity index (χ1) is 35.6. The highest BCUT2D eigenvalue weighted by Crippen LogP contribution is 2.34. The van der Waals surface area contributed by atoms with Crippen molar-refractivity contribution < 1.29 is 43.5 Å². The second-order valence-electron chi connectivity index (χ2n) is 17.6. The smallest absolute Gasteiger partial charge is 0.244 e. The number of phenolic OH excluding ortho intramolecular Hbond substituents is 1. The van der Waals surface area contributed by atoms with Crippen molar-refractivity contribution in [2.45, 2.75) is 60.3 Å². The predicted molar refractivity (Wildman–Crippen MR) is 286 cm³/mol. The lowest BCUT2D eigenvalue weighted by molar-refractivity contribution is 0.400. The molecule has 0 heterocycles. The molecule has 8 aromatic rings. The highest BCUT2D eigenvalue weighted by molar-refractivity contribution is 7.90. The number of nitrogens with one attached hydrogen (secondary N) is 1. The number of hydrogen-bond donors (Lipinski definition) is 2. The van der Waals surface area contributed by atoms with Gasteiger partial charge in [0.2, 0.25) is 30.1 Å². The third-order valence-corrected chi connectivity index (χ3v) is 17.7. The van der Waals surface area contributed by atoms with Crippen LogP contribution in [-0.4, -0.2) is 39.0 Å². The number of sulfonamides is 3. The van der Waals surface area contributed by atoms with E-state index in [0.717, 1.165) is 0 Å². The highest BCUT2D eigenvalue weighted by Gasteiger charge is 2.29. The Labute approximate surface area is 453 Å². The van der Waals surface area contributed by atoms with Gasteiger partial charge in [0.15, 0.2) is 0 Å². The maximum absolute atomic E-state index is 14.6. The van der Waals surface area contributed by atoms with Gasteiger partial charge in [-0.3, -0.25) is 0 Å². The van der Waals surface area contributed by atoms with Crippen LogP contribution < -0.4 is 4.72 Å². The Hall–Kier alpha value is -5.76. The van der Waals surface area contributed by atoms with Gasteiger partial charge in [0.1, 0.15) is 28.1 Å². The van der Waals surface area contributed by atoms with Gasteiger partial charge in [0, 0.05) is 59.2 Å². The zero-order chi connectivity index (χ0) is 53.7. The summed E-state index contributed by atoms with van der Waals surface area (Å²) in [6, 6.07) is 40.0. The van der Waals surface area contributed by atoms with E-state index in [1.165, 1.54) is 136 Å². The van der Waals surface area contributed by atoms with E-state index in [1.807, 2.05) is 0 Å². The Balaban J connectivity index is 1.15. The molecule has 75 heavy (non-hydrogen) atoms. The first-order valence-electron chi connectivity index (χ1n) is 22.8. The minimum absolute atomic E-state index is 0.0563. The summed E-state index contributed by atoms with van der Waals surface area (Å²) in [6.07, 6.45) is -0.245. The molecular formula is C55H44Cl4F3N3O7S3. The van der Waals surface area contributed by atoms with Crippen molar-refractivity contribution in [3.63, 3.8) is 0 Å². The fourth-order valence-corrected chi connectivity index (χ4v) is 13.6. The Morgan fingerprint density at radius 2 is 0.800 bits per heavy atom. The monoisotopic (exact) mass is 1150 g/mol. The van der Waals surface area contributed by atoms with Crippen LogP contribution in [0, 0.1) is 17.5 Å². The molecule has 20 heteroatoms. The van der Waals surface area contributed by atoms with Gasteiger partial charge in [-0.2, -0.15) is 8.61 Å². The number of benzene rings is 8. The van der Waals surface area contributed by atoms with E-state index in [9.17, 15) is 43.5 Å². The number of rotatable bonds is 20. The van der Waals surface area contributed by atoms with Crippen LogP contribution in [0.15, 0.2) is 185 Å². The van der Waals surface area contributed by atoms with Gasteiger partial charge in [-0.1, -0.05) is 113 Å². The number of hydrogen-bond acceptors (Lipinski definition) is 7. The molecule has 0 saturated carbocycles. The molecule has 0 aromatic heterocycles. The average Bonchev–Trinajstić information content (AvgIpc) is 3.35. The van der Waals surface area contributed by atoms with Crippen LogP contribution in [0.2, 0.25) is 20.1 Å². The van der Waals surface area contributed by atoms with Gasteiger partial charge in [0.05, 0.1) is 9.79 Å². The van der Waals surface area contributed by atoms with Crippen LogP contribution in [0.25, 0.3) is 0 Å². The van der Waals surface area contributed by atoms with E-state index in [-0.39, 0.29) is 81.0 Å². The van der Waals surface area contributed by atoms with E-state index >= 15 is 0 Å². The highest BCUT2D eigenvalue weighted by atomic mass is 35.5. The summed E-state index contributed by atoms with van der Waals surface area (Å²) in [4.78, 5) is -0.793. The summed E-state index contributed by atoms with van der Waals surface area (Å²) in [7, 11) is -13.2. The Morgan fingerprint density at radius 3 is 1.23 bits per heavy atom. The fourth-order valence-electron chi connectivity index (χ4n) is 8.26. The summed E-state index contributed by atoms with van der Waals surface area (Å²) in [5.74, 6) is -2.17. The van der Waals surface area contributed by atoms with E-state index in [4.69, 9.17) is 46.4 Å². The summed E-state index contributed by atoms with van der Waals surface area (Å²) < 4.78 is 133. The van der Waals surface area contributed by atoms with Crippen LogP contribution in [-0.2, 0) is 75.6 Å². The molecule has 0 amide bonds. The van der Waals surface area contributed by atoms with Gasteiger partial charge in [-0.15, -0.1) is 0 Å². The normalized spacial score (nSPS) is 12.2. The molecule has 0 aliphatic rings. The largest absolute Gasteiger partial charge is 0.506 e. The molecule has 0 spiro atoms. The van der Waals surface area contributed by atoms with Crippen molar-refractivity contribution in [2.75, 3.05) is 0 Å². The fraction of sp³-hybridized carbons (Fsp3) is 0.127. The molecule has 8 aromatic carbocycles. The SMILES string of the molecule is O=S(=O)(NCc1ccc(F)cc1)c1cc(Cc2cccc(S(=O)(=O)N(Cc3ccc(F)cc3)Cc3cc(Cl)cc(Cl)c3)c2)cc(Cc2cccc(S(=O)(=O)N(Cc3ccc(F)cc3)Cc3cc(Cl)cc(Cl)c3)c2)c1O. The Morgan fingerprint density at radius 1 is 0.413 bits per heavy atom. The lowest BCUT2D eigenvalue weighted by Crippen LogP contribution is -2.30. The number of aromatic hydroxyl groups is 1. The minimum Gasteiger partial charge on any atom is -0.506 e. The van der Waals surface area contributed by atoms with Crippen molar-refractivity contribution in [1.29, 1.82) is 0 Å². The van der Waals surface area contributed by atoms with E-state index < -0.39 is 58.2 Å². The van der Waals surface area contributed by atoms with Gasteiger partial charge < -0.3 is 5.11 Å². The molecular weight excluding hydrogens is 1110 g/mol. The quantitative estimate of drug-likeness (QED) is 0.0774. The molecule has 0 bridgehead atoms. The number of halogens is 7. The Bertz CT molecular complexity index is 3690. The van der Waals surface area contributed by atoms with Crippen molar-refractivity contribution in [1.82, 2.24) is 13.3 Å². The topological polar surface area (TPSA) is 141 Å². The number of nitrogens with zero attached hydrogens (tertiary/aromatic N) is 2. The molecule has 2 N–H and O–H groups in total. The second kappa shape index (κ2) is 23.6. The summed E-state index contributed by atoms with van der Waals surface area (Å²) >= 11 is 25.2. The van der Waals surface area contributed by atoms with Crippen LogP contribution >= 0.6 is 46.4 Å². The predicted octanol–water partition coefficient (Wildman–Crippen LogP) is 12.9. The van der Waals surface area contributed by atoms with Crippen LogP contribution in [0.3, 0.4) is 0 Å². The van der Waals surface area contributed by atoms with Gasteiger partial charge in [-0.25, -0.2) is 43.1 Å². The molecule has 0 saturated heterocycles. The summed E-state index contributed by atoms with van der Waals surface area (Å²) in [6.45, 7) is -0.936. The van der Waals surface area contributed by atoms with Crippen molar-refractivity contribution in [2.24, 2.45) is 0 Å². The average molecular weight is 1150 g/mol. The molecule has 0 atom stereocenters. The lowest BCUT2D eigenvalue weighted by Gasteiger charge is -2.23. The molecule has 8 rings (SSSR count). The van der Waals surface area contributed by atoms with Crippen molar-refractivity contribution in [3.05, 3.63) is 257 Å². The van der Waals surface area contributed by atoms with Crippen molar-refractivity contribution in [3.8, 4) is 5.75 Å². The van der Waals surface area contributed by atoms with Gasteiger partial charge in [-0.05, 0) is 160 Å². The molecule has 0 radical (unpaired) electrons. The molecule has 10 nitrogen and oxygen atoms in total. The standard InChI is InChI=1S/C55H44Cl4F3N3O7S3/c56-45-22-42(23-46(57)29-45)34-64(32-37-9-15-50(61)16-10-37)74(69,70)52-5-1-3-39(26-52)19-41-21-44(55(66)54(28-41)73(67,68)63-31-36-7-13-49(60)14-8-36)20-40-4-2-6-53(27-40)75(71,72)65(33-38-11-17-51(62)18-12-38)35-43-24-47(58)30-48(59)25-43/h1-18,21-30,63,66H,19-20,31-35H2. The van der Waals surface area contributed by atoms with Crippen LogP contribution in [0.1, 0.15) is 50.1 Å². The van der Waals surface area contributed by atoms with Crippen LogP contribution in [0.5, 0.6) is 5.75 Å². The molecule has 0 unspecified atom stereocenters. The lowest BCUT2D eigenvalue weighted by atomic mass is 9.98. The maximum Gasteiger partial charge on any atom is 0.244 e. The second-order valence-corrected chi connectivity index (χ2v) is 24.9. The van der Waals surface area contributed by atoms with E-state index in [2.05, 4.69) is 4.72 Å². The Kier molecular flexibility index (Phi) is 17.5. The summed E-state index contributed by atoms with van der Waals surface area (Å²) in [5, 5.41) is 13.0. The van der Waals surface area contributed by atoms with Crippen molar-refractivity contribution >= 4 is 76.5 Å². The van der Waals surface area contributed by atoms with Gasteiger partial charge in [0.25, 0.3) is 0 Å². The van der Waals surface area contributed by atoms with Gasteiger partial charge >= 0.3 is 0 Å². The first-order valence-corrected chi connectivity index (χ1v) is 28.6. The van der Waals surface area contributed by atoms with Crippen LogP contribution in [0.4, 0.5) is 13.2 Å². The summed E-state index contributed by atoms with van der Waals surface area (Å²) in [5.41, 5.74) is 3.56.